The van der Waals surface area contributed by atoms with Gasteiger partial charge < -0.3 is 0 Å². The Morgan fingerprint density at radius 3 is 2.47 bits per heavy atom. The standard InChI is InChI=1S/C12H18O2S/c1-4-5-8-15(13,14)12-9-10(2)6-7-11(12)3/h6-7,9H,4-5,8H2,1-3H3. The first-order valence-electron chi connectivity index (χ1n) is 5.27. The van der Waals surface area contributed by atoms with Gasteiger partial charge >= 0.3 is 0 Å². The van der Waals surface area contributed by atoms with Crippen LogP contribution in [0.15, 0.2) is 23.1 Å². The van der Waals surface area contributed by atoms with E-state index in [1.54, 1.807) is 6.07 Å². The fourth-order valence-electron chi connectivity index (χ4n) is 1.49. The highest BCUT2D eigenvalue weighted by molar-refractivity contribution is 7.91. The maximum absolute atomic E-state index is 12.0. The van der Waals surface area contributed by atoms with Gasteiger partial charge in [-0.2, -0.15) is 0 Å². The molecule has 0 unspecified atom stereocenters. The maximum atomic E-state index is 12.0. The SMILES string of the molecule is CCCCS(=O)(=O)c1cc(C)ccc1C. The van der Waals surface area contributed by atoms with Crippen LogP contribution in [0.2, 0.25) is 0 Å². The third kappa shape index (κ3) is 3.06. The number of rotatable bonds is 4. The summed E-state index contributed by atoms with van der Waals surface area (Å²) in [5.41, 5.74) is 1.84. The highest BCUT2D eigenvalue weighted by atomic mass is 32.2. The van der Waals surface area contributed by atoms with Gasteiger partial charge in [-0.25, -0.2) is 8.42 Å². The topological polar surface area (TPSA) is 34.1 Å². The molecule has 0 amide bonds. The van der Waals surface area contributed by atoms with E-state index in [9.17, 15) is 8.42 Å². The van der Waals surface area contributed by atoms with Crippen LogP contribution in [0.25, 0.3) is 0 Å². The predicted molar refractivity (Wildman–Crippen MR) is 62.9 cm³/mol. The molecule has 1 aromatic rings. The molecule has 0 saturated carbocycles. The summed E-state index contributed by atoms with van der Waals surface area (Å²) in [5.74, 6) is 0.258. The molecule has 0 saturated heterocycles. The van der Waals surface area contributed by atoms with Gasteiger partial charge in [0.15, 0.2) is 9.84 Å². The first-order valence-corrected chi connectivity index (χ1v) is 6.92. The van der Waals surface area contributed by atoms with Gasteiger partial charge in [-0.1, -0.05) is 25.5 Å². The molecule has 0 atom stereocenters. The van der Waals surface area contributed by atoms with Crippen LogP contribution < -0.4 is 0 Å². The lowest BCUT2D eigenvalue weighted by Crippen LogP contribution is -2.08. The van der Waals surface area contributed by atoms with E-state index < -0.39 is 9.84 Å². The largest absolute Gasteiger partial charge is 0.224 e. The molecule has 0 aliphatic heterocycles. The molecule has 15 heavy (non-hydrogen) atoms. The Balaban J connectivity index is 3.09. The third-order valence-corrected chi connectivity index (χ3v) is 4.38. The molecular weight excluding hydrogens is 208 g/mol. The summed E-state index contributed by atoms with van der Waals surface area (Å²) in [6.07, 6.45) is 1.64. The van der Waals surface area contributed by atoms with Crippen molar-refractivity contribution in [1.82, 2.24) is 0 Å². The summed E-state index contributed by atoms with van der Waals surface area (Å²) in [4.78, 5) is 0.496. The van der Waals surface area contributed by atoms with Gasteiger partial charge in [-0.15, -0.1) is 0 Å². The van der Waals surface area contributed by atoms with Crippen molar-refractivity contribution in [2.75, 3.05) is 5.75 Å². The molecule has 0 bridgehead atoms. The lowest BCUT2D eigenvalue weighted by molar-refractivity contribution is 0.592. The van der Waals surface area contributed by atoms with Gasteiger partial charge in [0, 0.05) is 0 Å². The Kier molecular flexibility index (Phi) is 3.91. The highest BCUT2D eigenvalue weighted by Crippen LogP contribution is 2.19. The van der Waals surface area contributed by atoms with Crippen molar-refractivity contribution in [3.05, 3.63) is 29.3 Å². The van der Waals surface area contributed by atoms with Gasteiger partial charge in [0.05, 0.1) is 10.6 Å². The molecular formula is C12H18O2S. The maximum Gasteiger partial charge on any atom is 0.178 e. The quantitative estimate of drug-likeness (QED) is 0.791. The van der Waals surface area contributed by atoms with Crippen LogP contribution in [-0.2, 0) is 9.84 Å². The van der Waals surface area contributed by atoms with E-state index in [-0.39, 0.29) is 5.75 Å². The van der Waals surface area contributed by atoms with E-state index in [1.807, 2.05) is 32.9 Å². The van der Waals surface area contributed by atoms with Gasteiger partial charge in [-0.3, -0.25) is 0 Å². The minimum absolute atomic E-state index is 0.258. The van der Waals surface area contributed by atoms with Crippen molar-refractivity contribution < 1.29 is 8.42 Å². The number of hydrogen-bond donors (Lipinski definition) is 0. The zero-order valence-corrected chi connectivity index (χ0v) is 10.4. The molecule has 1 rings (SSSR count). The first kappa shape index (κ1) is 12.2. The van der Waals surface area contributed by atoms with Crippen LogP contribution in [0.1, 0.15) is 30.9 Å². The first-order chi connectivity index (χ1) is 6.97. The Morgan fingerprint density at radius 2 is 1.87 bits per heavy atom. The molecule has 0 heterocycles. The average molecular weight is 226 g/mol. The Hall–Kier alpha value is -0.830. The van der Waals surface area contributed by atoms with E-state index in [2.05, 4.69) is 0 Å². The Morgan fingerprint density at radius 1 is 1.20 bits per heavy atom. The second kappa shape index (κ2) is 4.79. The van der Waals surface area contributed by atoms with Crippen LogP contribution in [0.5, 0.6) is 0 Å². The summed E-state index contributed by atoms with van der Waals surface area (Å²) >= 11 is 0. The van der Waals surface area contributed by atoms with Crippen LogP contribution >= 0.6 is 0 Å². The molecule has 3 heteroatoms. The summed E-state index contributed by atoms with van der Waals surface area (Å²) in [6, 6.07) is 5.57. The van der Waals surface area contributed by atoms with Crippen LogP contribution in [0, 0.1) is 13.8 Å². The molecule has 0 fully saturated rings. The van der Waals surface area contributed by atoms with E-state index in [0.717, 1.165) is 24.0 Å². The summed E-state index contributed by atoms with van der Waals surface area (Å²) < 4.78 is 23.9. The lowest BCUT2D eigenvalue weighted by atomic mass is 10.2. The van der Waals surface area contributed by atoms with Gasteiger partial charge in [0.1, 0.15) is 0 Å². The Bertz CT molecular complexity index is 433. The van der Waals surface area contributed by atoms with E-state index in [0.29, 0.717) is 4.90 Å². The number of sulfone groups is 1. The highest BCUT2D eigenvalue weighted by Gasteiger charge is 2.15. The molecule has 0 radical (unpaired) electrons. The molecule has 0 aliphatic carbocycles. The Labute approximate surface area is 92.2 Å². The van der Waals surface area contributed by atoms with E-state index >= 15 is 0 Å². The zero-order chi connectivity index (χ0) is 11.5. The van der Waals surface area contributed by atoms with Crippen LogP contribution in [0.3, 0.4) is 0 Å². The van der Waals surface area contributed by atoms with Crippen molar-refractivity contribution in [2.45, 2.75) is 38.5 Å². The van der Waals surface area contributed by atoms with E-state index in [1.165, 1.54) is 0 Å². The monoisotopic (exact) mass is 226 g/mol. The summed E-state index contributed by atoms with van der Waals surface area (Å²) in [5, 5.41) is 0. The number of aryl methyl sites for hydroxylation is 2. The molecule has 0 spiro atoms. The normalized spacial score (nSPS) is 11.7. The van der Waals surface area contributed by atoms with Gasteiger partial charge in [0.2, 0.25) is 0 Å². The zero-order valence-electron chi connectivity index (χ0n) is 9.58. The van der Waals surface area contributed by atoms with Gasteiger partial charge in [-0.05, 0) is 37.5 Å². The minimum Gasteiger partial charge on any atom is -0.224 e. The number of hydrogen-bond acceptors (Lipinski definition) is 2. The van der Waals surface area contributed by atoms with Crippen molar-refractivity contribution in [3.63, 3.8) is 0 Å². The second-order valence-electron chi connectivity index (χ2n) is 3.94. The fourth-order valence-corrected chi connectivity index (χ4v) is 3.30. The predicted octanol–water partition coefficient (Wildman–Crippen LogP) is 2.88. The van der Waals surface area contributed by atoms with Crippen LogP contribution in [-0.4, -0.2) is 14.2 Å². The van der Waals surface area contributed by atoms with Crippen molar-refractivity contribution >= 4 is 9.84 Å². The van der Waals surface area contributed by atoms with Crippen molar-refractivity contribution in [3.8, 4) is 0 Å². The molecule has 2 nitrogen and oxygen atoms in total. The molecule has 0 aromatic heterocycles. The third-order valence-electron chi connectivity index (χ3n) is 2.45. The van der Waals surface area contributed by atoms with Crippen molar-refractivity contribution in [1.29, 1.82) is 0 Å². The lowest BCUT2D eigenvalue weighted by Gasteiger charge is -2.07. The van der Waals surface area contributed by atoms with Gasteiger partial charge in [0.25, 0.3) is 0 Å². The van der Waals surface area contributed by atoms with E-state index in [4.69, 9.17) is 0 Å². The summed E-state index contributed by atoms with van der Waals surface area (Å²) in [6.45, 7) is 5.76. The second-order valence-corrected chi connectivity index (χ2v) is 6.02. The van der Waals surface area contributed by atoms with Crippen molar-refractivity contribution in [2.24, 2.45) is 0 Å². The summed E-state index contributed by atoms with van der Waals surface area (Å²) in [7, 11) is -3.08. The number of unbranched alkanes of at least 4 members (excludes halogenated alkanes) is 1. The smallest absolute Gasteiger partial charge is 0.178 e. The average Bonchev–Trinajstić information content (AvgIpc) is 2.18. The fraction of sp³-hybridized carbons (Fsp3) is 0.500. The molecule has 84 valence electrons. The van der Waals surface area contributed by atoms with Crippen LogP contribution in [0.4, 0.5) is 0 Å². The molecule has 1 aromatic carbocycles. The minimum atomic E-state index is -3.08. The molecule has 0 N–H and O–H groups in total. The molecule has 0 aliphatic rings. The number of benzene rings is 1.